The van der Waals surface area contributed by atoms with Gasteiger partial charge in [0.05, 0.1) is 26.4 Å². The topological polar surface area (TPSA) is 88.5 Å². The Balaban J connectivity index is 6.95. The maximum atomic E-state index is 14.3. The van der Waals surface area contributed by atoms with Crippen molar-refractivity contribution in [2.24, 2.45) is 0 Å². The van der Waals surface area contributed by atoms with Gasteiger partial charge in [0.25, 0.3) is 0 Å². The highest BCUT2D eigenvalue weighted by molar-refractivity contribution is 7.48. The molecule has 0 aliphatic heterocycles. The zero-order valence-corrected chi connectivity index (χ0v) is 30.8. The number of hydrogen-bond donors (Lipinski definition) is 2. The summed E-state index contributed by atoms with van der Waals surface area (Å²) in [5.74, 6) is -121. The van der Waals surface area contributed by atoms with E-state index in [4.69, 9.17) is 10.2 Å². The quantitative estimate of drug-likeness (QED) is 0.0507. The fourth-order valence-corrected chi connectivity index (χ4v) is 5.17. The monoisotopic (exact) mass is 1090 g/mol. The van der Waals surface area contributed by atoms with Crippen LogP contribution in [-0.4, -0.2) is 150 Å². The number of phosphoric ester groups is 1. The Morgan fingerprint density at radius 3 is 0.727 bits per heavy atom. The molecule has 0 unspecified atom stereocenters. The average molecular weight is 1090 g/mol. The summed E-state index contributed by atoms with van der Waals surface area (Å²) >= 11 is 0. The van der Waals surface area contributed by atoms with Gasteiger partial charge in [0.1, 0.15) is 0 Å². The predicted octanol–water partition coefficient (Wildman–Crippen LogP) is 11.1. The van der Waals surface area contributed by atoms with Gasteiger partial charge in [-0.25, -0.2) is 4.57 Å². The Kier molecular flexibility index (Phi) is 17.7. The molecule has 42 heteroatoms. The first-order chi connectivity index (χ1) is 28.4. The van der Waals surface area contributed by atoms with E-state index in [0.29, 0.717) is 0 Å². The fraction of sp³-hybridized carbons (Fsp3) is 1.00. The van der Waals surface area contributed by atoms with Gasteiger partial charge >= 0.3 is 103 Å². The molecule has 0 bridgehead atoms. The number of rotatable bonds is 26. The Morgan fingerprint density at radius 1 is 0.333 bits per heavy atom. The standard InChI is InChI=1S/C24H18F34NO6P/c25-9(26,11(29,30)13(33,34)15(37,38)17(41,42)19(45,46)21(49,50)23(53,54)55)1-7-63-66(62,65-59(3-5-60)4-6-61)64-8-2-10(27,28)12(31,32)14(35,36)16(39,40)18(43,44)20(47,48)22(51,52)24(56,57)58/h60-61H,1-8H2. The SMILES string of the molecule is O=P(OCCC(F)(F)C(F)(F)C(F)(F)C(F)(F)C(F)(F)C(F)(F)C(F)(F)C(F)(F)F)(OCCC(F)(F)C(F)(F)C(F)(F)C(F)(F)C(F)(F)C(F)(F)C(F)(F)C(F)(F)F)ON(CCO)CCO. The van der Waals surface area contributed by atoms with Gasteiger partial charge in [0.15, 0.2) is 0 Å². The van der Waals surface area contributed by atoms with Crippen LogP contribution in [0.5, 0.6) is 0 Å². The van der Waals surface area contributed by atoms with Gasteiger partial charge in [-0.2, -0.15) is 159 Å². The number of alkyl halides is 34. The van der Waals surface area contributed by atoms with Crippen molar-refractivity contribution in [2.45, 2.75) is 108 Å². The first-order valence-electron chi connectivity index (χ1n) is 15.4. The lowest BCUT2D eigenvalue weighted by Gasteiger charge is -2.42. The summed E-state index contributed by atoms with van der Waals surface area (Å²) in [6.07, 6.45) is -23.8. The van der Waals surface area contributed by atoms with Gasteiger partial charge < -0.3 is 10.2 Å². The van der Waals surface area contributed by atoms with Crippen molar-refractivity contribution in [3.05, 3.63) is 0 Å². The van der Waals surface area contributed by atoms with Gasteiger partial charge in [0.2, 0.25) is 0 Å². The van der Waals surface area contributed by atoms with Crippen molar-refractivity contribution in [1.82, 2.24) is 5.06 Å². The molecule has 0 aromatic heterocycles. The van der Waals surface area contributed by atoms with Crippen molar-refractivity contribution in [1.29, 1.82) is 0 Å². The first kappa shape index (κ1) is 63.6. The van der Waals surface area contributed by atoms with Crippen LogP contribution in [-0.2, 0) is 18.2 Å². The third kappa shape index (κ3) is 9.98. The third-order valence-electron chi connectivity index (χ3n) is 7.82. The summed E-state index contributed by atoms with van der Waals surface area (Å²) in [7, 11) is -6.87. The highest BCUT2D eigenvalue weighted by Gasteiger charge is 2.97. The smallest absolute Gasteiger partial charge is 0.395 e. The second-order valence-electron chi connectivity index (χ2n) is 12.4. The summed E-state index contributed by atoms with van der Waals surface area (Å²) in [4.78, 5) is 0. The second kappa shape index (κ2) is 18.4. The van der Waals surface area contributed by atoms with Crippen molar-refractivity contribution in [3.63, 3.8) is 0 Å². The molecular formula is C24H18F34NO6P. The lowest BCUT2D eigenvalue weighted by Crippen LogP contribution is -2.74. The summed E-state index contributed by atoms with van der Waals surface area (Å²) in [6, 6.07) is 0. The van der Waals surface area contributed by atoms with E-state index in [1.165, 1.54) is 0 Å². The van der Waals surface area contributed by atoms with E-state index in [1.807, 2.05) is 0 Å². The van der Waals surface area contributed by atoms with Crippen molar-refractivity contribution in [3.8, 4) is 0 Å². The van der Waals surface area contributed by atoms with E-state index < -0.39 is 155 Å². The van der Waals surface area contributed by atoms with Gasteiger partial charge in [-0.05, 0) is 0 Å². The molecule has 0 amide bonds. The predicted molar refractivity (Wildman–Crippen MR) is 137 cm³/mol. The molecule has 0 spiro atoms. The molecule has 7 nitrogen and oxygen atoms in total. The summed E-state index contributed by atoms with van der Waals surface area (Å²) in [5, 5.41) is 17.4. The molecule has 0 saturated carbocycles. The maximum absolute atomic E-state index is 14.3. The molecule has 0 heterocycles. The van der Waals surface area contributed by atoms with E-state index >= 15 is 0 Å². The van der Waals surface area contributed by atoms with Crippen LogP contribution in [0.2, 0.25) is 0 Å². The van der Waals surface area contributed by atoms with E-state index in [2.05, 4.69) is 13.7 Å². The lowest BCUT2D eigenvalue weighted by molar-refractivity contribution is -0.462. The molecule has 0 fully saturated rings. The van der Waals surface area contributed by atoms with Gasteiger partial charge in [-0.1, -0.05) is 0 Å². The molecule has 0 atom stereocenters. The highest BCUT2D eigenvalue weighted by atomic mass is 31.2. The van der Waals surface area contributed by atoms with Crippen molar-refractivity contribution < 1.29 is 178 Å². The van der Waals surface area contributed by atoms with E-state index in [9.17, 15) is 154 Å². The van der Waals surface area contributed by atoms with E-state index in [1.54, 1.807) is 0 Å². The van der Waals surface area contributed by atoms with E-state index in [0.717, 1.165) is 0 Å². The molecule has 0 aromatic carbocycles. The zero-order chi connectivity index (χ0) is 53.9. The van der Waals surface area contributed by atoms with Gasteiger partial charge in [0, 0.05) is 25.9 Å². The lowest BCUT2D eigenvalue weighted by atomic mass is 9.88. The van der Waals surface area contributed by atoms with Crippen LogP contribution in [0.1, 0.15) is 12.8 Å². The van der Waals surface area contributed by atoms with Crippen LogP contribution >= 0.6 is 7.82 Å². The zero-order valence-electron chi connectivity index (χ0n) is 29.9. The number of hydrogen-bond acceptors (Lipinski definition) is 7. The van der Waals surface area contributed by atoms with Crippen molar-refractivity contribution >= 4 is 7.82 Å². The first-order valence-corrected chi connectivity index (χ1v) is 16.8. The molecule has 0 saturated heterocycles. The van der Waals surface area contributed by atoms with Crippen molar-refractivity contribution in [2.75, 3.05) is 39.5 Å². The number of hydroxylamine groups is 2. The minimum atomic E-state index is -9.15. The molecule has 0 radical (unpaired) electrons. The minimum absolute atomic E-state index is 0.387. The van der Waals surface area contributed by atoms with Crippen LogP contribution in [0, 0.1) is 0 Å². The Bertz CT molecular complexity index is 1560. The third-order valence-corrected chi connectivity index (χ3v) is 9.25. The summed E-state index contributed by atoms with van der Waals surface area (Å²) in [5.41, 5.74) is 0. The number of aliphatic hydroxyl groups is 2. The largest absolute Gasteiger partial charge is 0.491 e. The normalized spacial score (nSPS) is 16.4. The molecule has 66 heavy (non-hydrogen) atoms. The Hall–Kier alpha value is -2.39. The molecule has 0 aromatic rings. The Labute approximate surface area is 339 Å². The van der Waals surface area contributed by atoms with Crippen LogP contribution in [0.4, 0.5) is 149 Å². The molecule has 2 N–H and O–H groups in total. The van der Waals surface area contributed by atoms with E-state index in [-0.39, 0.29) is 5.06 Å². The number of aliphatic hydroxyl groups excluding tert-OH is 2. The fourth-order valence-electron chi connectivity index (χ4n) is 3.92. The second-order valence-corrected chi connectivity index (χ2v) is 13.9. The Morgan fingerprint density at radius 2 is 0.530 bits per heavy atom. The van der Waals surface area contributed by atoms with Crippen LogP contribution in [0.15, 0.2) is 0 Å². The molecule has 398 valence electrons. The molecule has 0 rings (SSSR count). The van der Waals surface area contributed by atoms with Crippen LogP contribution in [0.25, 0.3) is 0 Å². The minimum Gasteiger partial charge on any atom is -0.395 e. The van der Waals surface area contributed by atoms with Gasteiger partial charge in [-0.15, -0.1) is 0 Å². The molecular weight excluding hydrogens is 1080 g/mol. The van der Waals surface area contributed by atoms with Crippen LogP contribution < -0.4 is 0 Å². The summed E-state index contributed by atoms with van der Waals surface area (Å²) in [6.45, 7) is -11.8. The number of halogens is 34. The van der Waals surface area contributed by atoms with Gasteiger partial charge in [-0.3, -0.25) is 9.05 Å². The molecule has 0 aliphatic rings. The molecule has 0 aliphatic carbocycles. The highest BCUT2D eigenvalue weighted by Crippen LogP contribution is 2.66. The number of nitrogens with zero attached hydrogens (tertiary/aromatic N) is 1. The van der Waals surface area contributed by atoms with Crippen LogP contribution in [0.3, 0.4) is 0 Å². The average Bonchev–Trinajstić information content (AvgIpc) is 3.09. The maximum Gasteiger partial charge on any atom is 0.491 e. The number of phosphoric acid groups is 1. The summed E-state index contributed by atoms with van der Waals surface area (Å²) < 4.78 is 483.